The molecule has 1 aromatic heterocycles. The summed E-state index contributed by atoms with van der Waals surface area (Å²) in [5.41, 5.74) is 2.40. The zero-order valence-electron chi connectivity index (χ0n) is 12.6. The second-order valence-corrected chi connectivity index (χ2v) is 5.82. The van der Waals surface area contributed by atoms with Crippen molar-refractivity contribution in [3.8, 4) is 0 Å². The van der Waals surface area contributed by atoms with Gasteiger partial charge in [0.25, 0.3) is 0 Å². The lowest BCUT2D eigenvalue weighted by molar-refractivity contribution is 0.144. The summed E-state index contributed by atoms with van der Waals surface area (Å²) in [4.78, 5) is 2.53. The number of nitrogens with zero attached hydrogens (tertiary/aromatic N) is 1. The van der Waals surface area contributed by atoms with E-state index in [1.165, 1.54) is 10.9 Å². The van der Waals surface area contributed by atoms with Gasteiger partial charge in [-0.3, -0.25) is 4.90 Å². The van der Waals surface area contributed by atoms with E-state index >= 15 is 0 Å². The molecule has 0 aliphatic carbocycles. The Hall–Kier alpha value is -1.32. The van der Waals surface area contributed by atoms with Crippen molar-refractivity contribution in [1.82, 2.24) is 10.2 Å². The van der Waals surface area contributed by atoms with E-state index in [0.717, 1.165) is 37.4 Å². The Morgan fingerprint density at radius 3 is 2.95 bits per heavy atom. The molecule has 1 aromatic carbocycles. The van der Waals surface area contributed by atoms with Crippen molar-refractivity contribution in [2.45, 2.75) is 39.3 Å². The summed E-state index contributed by atoms with van der Waals surface area (Å²) >= 11 is 0. The van der Waals surface area contributed by atoms with Crippen molar-refractivity contribution in [1.29, 1.82) is 0 Å². The van der Waals surface area contributed by atoms with Crippen LogP contribution in [-0.4, -0.2) is 30.6 Å². The third kappa shape index (κ3) is 2.36. The summed E-state index contributed by atoms with van der Waals surface area (Å²) in [6, 6.07) is 9.30. The average molecular weight is 272 g/mol. The van der Waals surface area contributed by atoms with E-state index in [2.05, 4.69) is 49.2 Å². The molecule has 3 nitrogen and oxygen atoms in total. The first-order valence-corrected chi connectivity index (χ1v) is 7.68. The fourth-order valence-electron chi connectivity index (χ4n) is 3.30. The molecular formula is C17H24N2O. The minimum Gasteiger partial charge on any atom is -0.459 e. The maximum atomic E-state index is 6.18. The number of para-hydroxylation sites is 1. The van der Waals surface area contributed by atoms with Gasteiger partial charge in [-0.15, -0.1) is 0 Å². The standard InChI is InChI=1S/C17H24N2O/c1-4-14-15-7-5-6-8-16(15)20-17(14)13(3)19-10-9-18-12(2)11-19/h5-8,12-13,18H,4,9-11H2,1-3H3. The summed E-state index contributed by atoms with van der Waals surface area (Å²) in [7, 11) is 0. The van der Waals surface area contributed by atoms with E-state index in [-0.39, 0.29) is 0 Å². The minimum atomic E-state index is 0.349. The Morgan fingerprint density at radius 1 is 1.40 bits per heavy atom. The third-order valence-electron chi connectivity index (χ3n) is 4.41. The number of fused-ring (bicyclic) bond motifs is 1. The van der Waals surface area contributed by atoms with Crippen LogP contribution in [0.25, 0.3) is 11.0 Å². The number of hydrogen-bond donors (Lipinski definition) is 1. The second-order valence-electron chi connectivity index (χ2n) is 5.82. The van der Waals surface area contributed by atoms with Gasteiger partial charge >= 0.3 is 0 Å². The first-order chi connectivity index (χ1) is 9.70. The molecule has 1 N–H and O–H groups in total. The van der Waals surface area contributed by atoms with Gasteiger partial charge < -0.3 is 9.73 Å². The van der Waals surface area contributed by atoms with Crippen LogP contribution in [0.2, 0.25) is 0 Å². The van der Waals surface area contributed by atoms with Crippen LogP contribution in [0.5, 0.6) is 0 Å². The van der Waals surface area contributed by atoms with Gasteiger partial charge in [-0.05, 0) is 26.3 Å². The highest BCUT2D eigenvalue weighted by atomic mass is 16.3. The third-order valence-corrected chi connectivity index (χ3v) is 4.41. The molecule has 0 spiro atoms. The van der Waals surface area contributed by atoms with Crippen molar-refractivity contribution >= 4 is 11.0 Å². The van der Waals surface area contributed by atoms with Gasteiger partial charge in [0.2, 0.25) is 0 Å². The van der Waals surface area contributed by atoms with Crippen LogP contribution in [0.3, 0.4) is 0 Å². The fraction of sp³-hybridized carbons (Fsp3) is 0.529. The molecule has 0 radical (unpaired) electrons. The second kappa shape index (κ2) is 5.58. The summed E-state index contributed by atoms with van der Waals surface area (Å²) in [5, 5.41) is 4.78. The van der Waals surface area contributed by atoms with Crippen LogP contribution in [0.1, 0.15) is 38.1 Å². The SMILES string of the molecule is CCc1c(C(C)N2CCNC(C)C2)oc2ccccc12. The summed E-state index contributed by atoms with van der Waals surface area (Å²) in [6.07, 6.45) is 1.03. The number of aryl methyl sites for hydroxylation is 1. The highest BCUT2D eigenvalue weighted by molar-refractivity contribution is 5.82. The first kappa shape index (κ1) is 13.7. The van der Waals surface area contributed by atoms with Gasteiger partial charge in [-0.25, -0.2) is 0 Å². The van der Waals surface area contributed by atoms with E-state index in [1.807, 2.05) is 6.07 Å². The lowest BCUT2D eigenvalue weighted by atomic mass is 10.0. The van der Waals surface area contributed by atoms with Crippen LogP contribution in [0.4, 0.5) is 0 Å². The zero-order valence-corrected chi connectivity index (χ0v) is 12.6. The predicted octanol–water partition coefficient (Wildman–Crippen LogP) is 3.35. The first-order valence-electron chi connectivity index (χ1n) is 7.68. The number of piperazine rings is 1. The van der Waals surface area contributed by atoms with E-state index < -0.39 is 0 Å². The quantitative estimate of drug-likeness (QED) is 0.929. The molecule has 1 saturated heterocycles. The van der Waals surface area contributed by atoms with Crippen LogP contribution in [-0.2, 0) is 6.42 Å². The van der Waals surface area contributed by atoms with Gasteiger partial charge in [-0.1, -0.05) is 25.1 Å². The predicted molar refractivity (Wildman–Crippen MR) is 83.0 cm³/mol. The molecular weight excluding hydrogens is 248 g/mol. The number of hydrogen-bond acceptors (Lipinski definition) is 3. The van der Waals surface area contributed by atoms with Gasteiger partial charge in [-0.2, -0.15) is 0 Å². The molecule has 1 aliphatic heterocycles. The topological polar surface area (TPSA) is 28.4 Å². The molecule has 2 aromatic rings. The Morgan fingerprint density at radius 2 is 2.20 bits per heavy atom. The lowest BCUT2D eigenvalue weighted by Crippen LogP contribution is -2.49. The van der Waals surface area contributed by atoms with Crippen molar-refractivity contribution in [2.75, 3.05) is 19.6 Å². The van der Waals surface area contributed by atoms with E-state index in [9.17, 15) is 0 Å². The maximum absolute atomic E-state index is 6.18. The molecule has 3 heteroatoms. The normalized spacial score (nSPS) is 22.2. The van der Waals surface area contributed by atoms with Crippen LogP contribution >= 0.6 is 0 Å². The molecule has 20 heavy (non-hydrogen) atoms. The lowest BCUT2D eigenvalue weighted by Gasteiger charge is -2.35. The Kier molecular flexibility index (Phi) is 3.81. The van der Waals surface area contributed by atoms with E-state index in [1.54, 1.807) is 0 Å². The number of nitrogens with one attached hydrogen (secondary N) is 1. The van der Waals surface area contributed by atoms with Gasteiger partial charge in [0.1, 0.15) is 11.3 Å². The van der Waals surface area contributed by atoms with Crippen molar-refractivity contribution in [3.05, 3.63) is 35.6 Å². The fourth-order valence-corrected chi connectivity index (χ4v) is 3.30. The molecule has 3 rings (SSSR count). The van der Waals surface area contributed by atoms with Crippen LogP contribution in [0, 0.1) is 0 Å². The highest BCUT2D eigenvalue weighted by Gasteiger charge is 2.26. The summed E-state index contributed by atoms with van der Waals surface area (Å²) in [5.74, 6) is 1.16. The molecule has 1 fully saturated rings. The monoisotopic (exact) mass is 272 g/mol. The smallest absolute Gasteiger partial charge is 0.134 e. The largest absolute Gasteiger partial charge is 0.459 e. The Labute approximate surface area is 120 Å². The Bertz CT molecular complexity index is 590. The maximum Gasteiger partial charge on any atom is 0.134 e. The van der Waals surface area contributed by atoms with Gasteiger partial charge in [0, 0.05) is 36.6 Å². The summed E-state index contributed by atoms with van der Waals surface area (Å²) in [6.45, 7) is 9.97. The van der Waals surface area contributed by atoms with Crippen molar-refractivity contribution < 1.29 is 4.42 Å². The van der Waals surface area contributed by atoms with E-state index in [0.29, 0.717) is 12.1 Å². The average Bonchev–Trinajstić information content (AvgIpc) is 2.85. The Balaban J connectivity index is 1.96. The number of furan rings is 1. The molecule has 2 atom stereocenters. The number of rotatable bonds is 3. The molecule has 0 amide bonds. The summed E-state index contributed by atoms with van der Waals surface area (Å²) < 4.78 is 6.18. The van der Waals surface area contributed by atoms with Crippen LogP contribution < -0.4 is 5.32 Å². The molecule has 2 unspecified atom stereocenters. The highest BCUT2D eigenvalue weighted by Crippen LogP contribution is 2.33. The molecule has 108 valence electrons. The molecule has 1 aliphatic rings. The number of benzene rings is 1. The minimum absolute atomic E-state index is 0.349. The molecule has 2 heterocycles. The van der Waals surface area contributed by atoms with Crippen LogP contribution in [0.15, 0.2) is 28.7 Å². The van der Waals surface area contributed by atoms with Gasteiger partial charge in [0.05, 0.1) is 6.04 Å². The zero-order chi connectivity index (χ0) is 14.1. The van der Waals surface area contributed by atoms with Crippen molar-refractivity contribution in [3.63, 3.8) is 0 Å². The van der Waals surface area contributed by atoms with Gasteiger partial charge in [0.15, 0.2) is 0 Å². The molecule has 0 saturated carbocycles. The van der Waals surface area contributed by atoms with Crippen molar-refractivity contribution in [2.24, 2.45) is 0 Å². The molecule has 0 bridgehead atoms. The van der Waals surface area contributed by atoms with E-state index in [4.69, 9.17) is 4.42 Å².